The number of imide groups is 2. The van der Waals surface area contributed by atoms with E-state index in [9.17, 15) is 19.2 Å². The lowest BCUT2D eigenvalue weighted by molar-refractivity contribution is -0.122. The molecule has 12 heteroatoms. The fourth-order valence-electron chi connectivity index (χ4n) is 3.52. The van der Waals surface area contributed by atoms with Crippen LogP contribution in [0.15, 0.2) is 69.1 Å². The number of nitrogens with zero attached hydrogens (tertiary/aromatic N) is 1. The summed E-state index contributed by atoms with van der Waals surface area (Å²) in [5.74, 6) is -1.69. The number of para-hydroxylation sites is 1. The van der Waals surface area contributed by atoms with Crippen LogP contribution in [0, 0.1) is 6.92 Å². The number of hydrogen-bond donors (Lipinski definition) is 2. The summed E-state index contributed by atoms with van der Waals surface area (Å²) in [7, 11) is 0. The van der Waals surface area contributed by atoms with E-state index in [1.165, 1.54) is 24.3 Å². The number of carbonyl (C=O) groups is 4. The molecule has 0 saturated carbocycles. The van der Waals surface area contributed by atoms with Crippen LogP contribution in [0.4, 0.5) is 16.2 Å². The zero-order valence-electron chi connectivity index (χ0n) is 19.5. The van der Waals surface area contributed by atoms with Crippen molar-refractivity contribution in [2.45, 2.75) is 6.92 Å². The van der Waals surface area contributed by atoms with Gasteiger partial charge in [-0.25, -0.2) is 9.69 Å². The molecule has 3 aromatic carbocycles. The molecule has 38 heavy (non-hydrogen) atoms. The topological polar surface area (TPSA) is 105 Å². The minimum absolute atomic E-state index is 0.142. The smallest absolute Gasteiger partial charge is 0.335 e. The summed E-state index contributed by atoms with van der Waals surface area (Å²) < 4.78 is 6.61. The van der Waals surface area contributed by atoms with E-state index in [1.54, 1.807) is 18.2 Å². The van der Waals surface area contributed by atoms with E-state index in [2.05, 4.69) is 42.5 Å². The molecular weight excluding hydrogens is 665 g/mol. The molecular formula is C26H17Br2Cl2N3O5. The third kappa shape index (κ3) is 6.10. The minimum Gasteiger partial charge on any atom is -0.481 e. The number of barbiturate groups is 1. The van der Waals surface area contributed by atoms with Crippen LogP contribution in [0.1, 0.15) is 11.1 Å². The maximum Gasteiger partial charge on any atom is 0.335 e. The maximum absolute atomic E-state index is 13.1. The molecule has 2 N–H and O–H groups in total. The number of aryl methyl sites for hydroxylation is 1. The van der Waals surface area contributed by atoms with E-state index < -0.39 is 17.8 Å². The lowest BCUT2D eigenvalue weighted by Crippen LogP contribution is -2.54. The monoisotopic (exact) mass is 679 g/mol. The summed E-state index contributed by atoms with van der Waals surface area (Å²) in [6.07, 6.45) is 1.33. The highest BCUT2D eigenvalue weighted by atomic mass is 79.9. The van der Waals surface area contributed by atoms with Gasteiger partial charge in [0, 0.05) is 5.69 Å². The van der Waals surface area contributed by atoms with Gasteiger partial charge in [0.25, 0.3) is 17.7 Å². The van der Waals surface area contributed by atoms with Gasteiger partial charge in [0.1, 0.15) is 11.3 Å². The van der Waals surface area contributed by atoms with E-state index in [1.807, 2.05) is 25.1 Å². The Morgan fingerprint density at radius 1 is 1.03 bits per heavy atom. The molecule has 194 valence electrons. The second-order valence-corrected chi connectivity index (χ2v) is 10.5. The number of carbonyl (C=O) groups excluding carboxylic acids is 4. The van der Waals surface area contributed by atoms with Crippen LogP contribution < -0.4 is 20.3 Å². The molecule has 3 aromatic rings. The number of urea groups is 1. The molecule has 0 radical (unpaired) electrons. The fourth-order valence-corrected chi connectivity index (χ4v) is 5.26. The SMILES string of the molecule is Cc1ccccc1NC(=O)COc1c(Br)cc(/C=C2/C(=O)NC(=O)N(c3ccc(Cl)c(Cl)c3)C2=O)cc1Br. The molecule has 0 atom stereocenters. The zero-order chi connectivity index (χ0) is 27.6. The van der Waals surface area contributed by atoms with Crippen molar-refractivity contribution in [3.8, 4) is 5.75 Å². The van der Waals surface area contributed by atoms with Crippen molar-refractivity contribution in [3.63, 3.8) is 0 Å². The van der Waals surface area contributed by atoms with Crippen molar-refractivity contribution in [2.24, 2.45) is 0 Å². The van der Waals surface area contributed by atoms with Gasteiger partial charge in [0.2, 0.25) is 0 Å². The highest BCUT2D eigenvalue weighted by Crippen LogP contribution is 2.36. The first-order chi connectivity index (χ1) is 18.0. The molecule has 4 rings (SSSR count). The van der Waals surface area contributed by atoms with E-state index >= 15 is 0 Å². The van der Waals surface area contributed by atoms with Crippen LogP contribution >= 0.6 is 55.1 Å². The summed E-state index contributed by atoms with van der Waals surface area (Å²) in [5.41, 5.74) is 1.92. The van der Waals surface area contributed by atoms with Crippen LogP contribution in [0.3, 0.4) is 0 Å². The number of anilines is 2. The third-order valence-electron chi connectivity index (χ3n) is 5.36. The van der Waals surface area contributed by atoms with Gasteiger partial charge in [0.15, 0.2) is 6.61 Å². The average molecular weight is 682 g/mol. The Hall–Kier alpha value is -3.18. The van der Waals surface area contributed by atoms with Gasteiger partial charge in [-0.1, -0.05) is 41.4 Å². The van der Waals surface area contributed by atoms with Crippen LogP contribution in [0.25, 0.3) is 6.08 Å². The summed E-state index contributed by atoms with van der Waals surface area (Å²) in [6.45, 7) is 1.63. The predicted octanol–water partition coefficient (Wildman–Crippen LogP) is 6.51. The molecule has 1 saturated heterocycles. The van der Waals surface area contributed by atoms with Crippen molar-refractivity contribution in [1.29, 1.82) is 0 Å². The molecule has 8 nitrogen and oxygen atoms in total. The number of benzene rings is 3. The van der Waals surface area contributed by atoms with Crippen molar-refractivity contribution >= 4 is 96.3 Å². The third-order valence-corrected chi connectivity index (χ3v) is 7.28. The van der Waals surface area contributed by atoms with Crippen LogP contribution in [-0.2, 0) is 14.4 Å². The Morgan fingerprint density at radius 2 is 1.71 bits per heavy atom. The first kappa shape index (κ1) is 27.8. The number of ether oxygens (including phenoxy) is 1. The second kappa shape index (κ2) is 11.7. The Morgan fingerprint density at radius 3 is 2.37 bits per heavy atom. The molecule has 0 spiro atoms. The van der Waals surface area contributed by atoms with Crippen LogP contribution in [0.5, 0.6) is 5.75 Å². The van der Waals surface area contributed by atoms with Crippen molar-refractivity contribution in [3.05, 3.63) is 90.3 Å². The van der Waals surface area contributed by atoms with E-state index in [0.29, 0.717) is 25.9 Å². The fraction of sp³-hybridized carbons (Fsp3) is 0.0769. The number of halogens is 4. The van der Waals surface area contributed by atoms with Gasteiger partial charge in [-0.2, -0.15) is 0 Å². The van der Waals surface area contributed by atoms with Gasteiger partial charge in [-0.05, 0) is 92.4 Å². The normalized spacial score (nSPS) is 14.5. The van der Waals surface area contributed by atoms with Crippen LogP contribution in [0.2, 0.25) is 10.0 Å². The second-order valence-electron chi connectivity index (χ2n) is 8.02. The molecule has 1 fully saturated rings. The molecule has 0 aromatic heterocycles. The Kier molecular flexibility index (Phi) is 8.57. The number of rotatable bonds is 6. The van der Waals surface area contributed by atoms with Gasteiger partial charge >= 0.3 is 6.03 Å². The predicted molar refractivity (Wildman–Crippen MR) is 153 cm³/mol. The Labute approximate surface area is 244 Å². The molecule has 1 aliphatic heterocycles. The molecule has 0 bridgehead atoms. The number of amides is 5. The minimum atomic E-state index is -0.911. The van der Waals surface area contributed by atoms with Gasteiger partial charge in [-0.3, -0.25) is 19.7 Å². The molecule has 0 unspecified atom stereocenters. The molecule has 1 heterocycles. The molecule has 5 amide bonds. The lowest BCUT2D eigenvalue weighted by Gasteiger charge is -2.26. The summed E-state index contributed by atoms with van der Waals surface area (Å²) in [4.78, 5) is 51.3. The van der Waals surface area contributed by atoms with Crippen molar-refractivity contribution in [2.75, 3.05) is 16.8 Å². The quantitative estimate of drug-likeness (QED) is 0.228. The first-order valence-corrected chi connectivity index (χ1v) is 13.2. The van der Waals surface area contributed by atoms with Gasteiger partial charge in [-0.15, -0.1) is 0 Å². The summed E-state index contributed by atoms with van der Waals surface area (Å²) >= 11 is 18.8. The molecule has 1 aliphatic rings. The summed E-state index contributed by atoms with van der Waals surface area (Å²) in [6, 6.07) is 13.9. The molecule has 0 aliphatic carbocycles. The van der Waals surface area contributed by atoms with E-state index in [-0.39, 0.29) is 33.8 Å². The van der Waals surface area contributed by atoms with Gasteiger partial charge in [0.05, 0.1) is 24.7 Å². The van der Waals surface area contributed by atoms with Crippen LogP contribution in [-0.4, -0.2) is 30.4 Å². The Balaban J connectivity index is 1.54. The summed E-state index contributed by atoms with van der Waals surface area (Å²) in [5, 5.41) is 5.33. The maximum atomic E-state index is 13.1. The van der Waals surface area contributed by atoms with Crippen molar-refractivity contribution in [1.82, 2.24) is 5.32 Å². The van der Waals surface area contributed by atoms with Crippen molar-refractivity contribution < 1.29 is 23.9 Å². The first-order valence-electron chi connectivity index (χ1n) is 10.9. The zero-order valence-corrected chi connectivity index (χ0v) is 24.2. The average Bonchev–Trinajstić information content (AvgIpc) is 2.85. The highest BCUT2D eigenvalue weighted by Gasteiger charge is 2.37. The Bertz CT molecular complexity index is 1500. The number of hydrogen-bond acceptors (Lipinski definition) is 5. The van der Waals surface area contributed by atoms with E-state index in [0.717, 1.165) is 10.5 Å². The highest BCUT2D eigenvalue weighted by molar-refractivity contribution is 9.11. The van der Waals surface area contributed by atoms with E-state index in [4.69, 9.17) is 27.9 Å². The number of nitrogens with one attached hydrogen (secondary N) is 2. The largest absolute Gasteiger partial charge is 0.481 e. The lowest BCUT2D eigenvalue weighted by atomic mass is 10.1. The van der Waals surface area contributed by atoms with Gasteiger partial charge < -0.3 is 10.1 Å². The standard InChI is InChI=1S/C26H17Br2Cl2N3O5/c1-13-4-2-3-5-21(13)31-22(34)12-38-23-17(27)9-14(10-18(23)28)8-16-24(35)32-26(37)33(25(16)36)15-6-7-19(29)20(30)11-15/h2-11H,12H2,1H3,(H,31,34)(H,32,35,37)/b16-8-.